The fourth-order valence-corrected chi connectivity index (χ4v) is 3.68. The van der Waals surface area contributed by atoms with Crippen LogP contribution in [-0.4, -0.2) is 36.4 Å². The molecule has 2 aromatic heterocycles. The number of rotatable bonds is 5. The normalized spacial score (nSPS) is 12.6. The molecule has 0 radical (unpaired) electrons. The fraction of sp³-hybridized carbons (Fsp3) is 0.364. The monoisotopic (exact) mass is 409 g/mol. The molecule has 0 aliphatic rings. The van der Waals surface area contributed by atoms with Gasteiger partial charge in [0, 0.05) is 23.5 Å². The van der Waals surface area contributed by atoms with Crippen molar-refractivity contribution < 1.29 is 4.79 Å². The van der Waals surface area contributed by atoms with Gasteiger partial charge >= 0.3 is 0 Å². The predicted octanol–water partition coefficient (Wildman–Crippen LogP) is 4.34. The number of thioether (sulfide) groups is 1. The van der Waals surface area contributed by atoms with E-state index in [9.17, 15) is 4.79 Å². The largest absolute Gasteiger partial charge is 0.351 e. The van der Waals surface area contributed by atoms with E-state index in [1.54, 1.807) is 12.4 Å². The van der Waals surface area contributed by atoms with Crippen LogP contribution in [0.15, 0.2) is 47.9 Å². The zero-order chi connectivity index (χ0) is 21.2. The van der Waals surface area contributed by atoms with Crippen LogP contribution in [-0.2, 0) is 4.79 Å². The number of carbonyl (C=O) groups is 1. The van der Waals surface area contributed by atoms with Crippen LogP contribution in [0.5, 0.6) is 0 Å². The Kier molecular flexibility index (Phi) is 6.07. The molecule has 3 rings (SSSR count). The van der Waals surface area contributed by atoms with Gasteiger partial charge in [-0.2, -0.15) is 0 Å². The fourth-order valence-electron chi connectivity index (χ4n) is 2.81. The maximum atomic E-state index is 12.6. The summed E-state index contributed by atoms with van der Waals surface area (Å²) in [6.07, 6.45) is 3.47. The quantitative estimate of drug-likeness (QED) is 0.635. The van der Waals surface area contributed by atoms with Gasteiger partial charge in [-0.3, -0.25) is 14.3 Å². The molecule has 0 aliphatic carbocycles. The molecular formula is C22H27N5OS. The molecule has 1 unspecified atom stereocenters. The number of nitrogens with zero attached hydrogens (tertiary/aromatic N) is 4. The number of nitrogens with one attached hydrogen (secondary N) is 1. The summed E-state index contributed by atoms with van der Waals surface area (Å²) in [4.78, 5) is 16.7. The second kappa shape index (κ2) is 8.37. The topological polar surface area (TPSA) is 72.7 Å². The minimum absolute atomic E-state index is 0.0254. The van der Waals surface area contributed by atoms with Crippen LogP contribution < -0.4 is 5.32 Å². The van der Waals surface area contributed by atoms with Crippen molar-refractivity contribution >= 4 is 17.7 Å². The van der Waals surface area contributed by atoms with Gasteiger partial charge in [0.25, 0.3) is 0 Å². The molecule has 1 aromatic carbocycles. The van der Waals surface area contributed by atoms with E-state index in [1.165, 1.54) is 22.9 Å². The Labute approximate surface area is 176 Å². The van der Waals surface area contributed by atoms with Crippen molar-refractivity contribution in [3.63, 3.8) is 0 Å². The van der Waals surface area contributed by atoms with E-state index in [2.05, 4.69) is 52.5 Å². The molecule has 0 bridgehead atoms. The zero-order valence-electron chi connectivity index (χ0n) is 17.7. The third kappa shape index (κ3) is 5.03. The van der Waals surface area contributed by atoms with Crippen LogP contribution in [0.25, 0.3) is 17.1 Å². The molecule has 2 heterocycles. The molecule has 6 nitrogen and oxygen atoms in total. The number of aromatic nitrogens is 4. The van der Waals surface area contributed by atoms with E-state index < -0.39 is 0 Å². The van der Waals surface area contributed by atoms with E-state index in [1.807, 2.05) is 44.4 Å². The smallest absolute Gasteiger partial charge is 0.233 e. The lowest BCUT2D eigenvalue weighted by Gasteiger charge is -2.23. The van der Waals surface area contributed by atoms with Crippen LogP contribution >= 0.6 is 11.8 Å². The Hall–Kier alpha value is -2.67. The van der Waals surface area contributed by atoms with E-state index in [-0.39, 0.29) is 16.7 Å². The van der Waals surface area contributed by atoms with Gasteiger partial charge < -0.3 is 5.32 Å². The molecule has 0 aliphatic heterocycles. The van der Waals surface area contributed by atoms with Crippen molar-refractivity contribution in [1.29, 1.82) is 0 Å². The van der Waals surface area contributed by atoms with Crippen molar-refractivity contribution in [2.24, 2.45) is 0 Å². The van der Waals surface area contributed by atoms with Crippen molar-refractivity contribution in [2.75, 3.05) is 0 Å². The molecule has 0 saturated heterocycles. The summed E-state index contributed by atoms with van der Waals surface area (Å²) in [5.41, 5.74) is 4.02. The first kappa shape index (κ1) is 21.0. The van der Waals surface area contributed by atoms with Gasteiger partial charge in [-0.05, 0) is 76.9 Å². The Morgan fingerprint density at radius 2 is 1.76 bits per heavy atom. The summed E-state index contributed by atoms with van der Waals surface area (Å²) >= 11 is 1.40. The van der Waals surface area contributed by atoms with Crippen LogP contribution in [0.2, 0.25) is 0 Å². The molecule has 29 heavy (non-hydrogen) atoms. The van der Waals surface area contributed by atoms with E-state index >= 15 is 0 Å². The lowest BCUT2D eigenvalue weighted by Crippen LogP contribution is -2.44. The lowest BCUT2D eigenvalue weighted by atomic mass is 10.1. The van der Waals surface area contributed by atoms with Crippen LogP contribution in [0.1, 0.15) is 38.8 Å². The Morgan fingerprint density at radius 1 is 1.07 bits per heavy atom. The molecule has 1 amide bonds. The summed E-state index contributed by atoms with van der Waals surface area (Å²) in [6, 6.07) is 10.1. The highest BCUT2D eigenvalue weighted by Gasteiger charge is 2.24. The molecule has 3 aromatic rings. The van der Waals surface area contributed by atoms with Gasteiger partial charge in [-0.25, -0.2) is 0 Å². The van der Waals surface area contributed by atoms with E-state index in [0.717, 1.165) is 17.1 Å². The van der Waals surface area contributed by atoms with Crippen molar-refractivity contribution in [3.8, 4) is 17.1 Å². The van der Waals surface area contributed by atoms with Crippen LogP contribution in [0, 0.1) is 13.8 Å². The average molecular weight is 410 g/mol. The summed E-state index contributed by atoms with van der Waals surface area (Å²) in [5, 5.41) is 12.2. The number of aryl methyl sites for hydroxylation is 2. The molecule has 152 valence electrons. The van der Waals surface area contributed by atoms with Gasteiger partial charge in [0.2, 0.25) is 5.91 Å². The second-order valence-electron chi connectivity index (χ2n) is 8.15. The molecule has 7 heteroatoms. The van der Waals surface area contributed by atoms with Crippen LogP contribution in [0.4, 0.5) is 0 Å². The third-order valence-corrected chi connectivity index (χ3v) is 5.51. The number of amides is 1. The van der Waals surface area contributed by atoms with Gasteiger partial charge in [0.05, 0.1) is 10.9 Å². The zero-order valence-corrected chi connectivity index (χ0v) is 18.5. The van der Waals surface area contributed by atoms with Gasteiger partial charge in [-0.15, -0.1) is 10.2 Å². The summed E-state index contributed by atoms with van der Waals surface area (Å²) in [6.45, 7) is 12.0. The number of carbonyl (C=O) groups excluding carboxylic acids is 1. The average Bonchev–Trinajstić information content (AvgIpc) is 3.07. The SMILES string of the molecule is Cc1ccc(-n2c(SC(C)C(=O)NC(C)(C)C)nnc2-c2ccncc2)cc1C. The molecule has 0 saturated carbocycles. The Bertz CT molecular complexity index is 1010. The first-order valence-corrected chi connectivity index (χ1v) is 10.5. The maximum absolute atomic E-state index is 12.6. The number of hydrogen-bond acceptors (Lipinski definition) is 5. The highest BCUT2D eigenvalue weighted by Crippen LogP contribution is 2.30. The minimum Gasteiger partial charge on any atom is -0.351 e. The predicted molar refractivity (Wildman–Crippen MR) is 117 cm³/mol. The second-order valence-corrected chi connectivity index (χ2v) is 9.45. The summed E-state index contributed by atoms with van der Waals surface area (Å²) < 4.78 is 2.01. The number of pyridine rings is 1. The van der Waals surface area contributed by atoms with Gasteiger partial charge in [0.1, 0.15) is 0 Å². The first-order chi connectivity index (χ1) is 13.7. The highest BCUT2D eigenvalue weighted by molar-refractivity contribution is 8.00. The highest BCUT2D eigenvalue weighted by atomic mass is 32.2. The van der Waals surface area contributed by atoms with Gasteiger partial charge in [-0.1, -0.05) is 17.8 Å². The third-order valence-electron chi connectivity index (χ3n) is 4.47. The minimum atomic E-state index is -0.311. The standard InChI is InChI=1S/C22H27N5OS/c1-14-7-8-18(13-15(14)2)27-19(17-9-11-23-12-10-17)25-26-21(27)29-16(3)20(28)24-22(4,5)6/h7-13,16H,1-6H3,(H,24,28). The lowest BCUT2D eigenvalue weighted by molar-refractivity contribution is -0.121. The van der Waals surface area contributed by atoms with Crippen molar-refractivity contribution in [1.82, 2.24) is 25.1 Å². The Morgan fingerprint density at radius 3 is 2.38 bits per heavy atom. The number of benzene rings is 1. The van der Waals surface area contributed by atoms with Gasteiger partial charge in [0.15, 0.2) is 11.0 Å². The first-order valence-electron chi connectivity index (χ1n) is 9.58. The maximum Gasteiger partial charge on any atom is 0.233 e. The summed E-state index contributed by atoms with van der Waals surface area (Å²) in [7, 11) is 0. The van der Waals surface area contributed by atoms with E-state index in [4.69, 9.17) is 0 Å². The molecule has 1 atom stereocenters. The molecule has 1 N–H and O–H groups in total. The van der Waals surface area contributed by atoms with E-state index in [0.29, 0.717) is 5.16 Å². The molecule has 0 fully saturated rings. The summed E-state index contributed by atoms with van der Waals surface area (Å²) in [5.74, 6) is 0.698. The molecule has 0 spiro atoms. The van der Waals surface area contributed by atoms with Crippen molar-refractivity contribution in [3.05, 3.63) is 53.9 Å². The number of hydrogen-bond donors (Lipinski definition) is 1. The van der Waals surface area contributed by atoms with Crippen molar-refractivity contribution in [2.45, 2.75) is 57.5 Å². The van der Waals surface area contributed by atoms with Crippen LogP contribution in [0.3, 0.4) is 0 Å². The Balaban J connectivity index is 2.02. The molecular weight excluding hydrogens is 382 g/mol.